The number of methoxy groups -OCH3 is 2. The highest BCUT2D eigenvalue weighted by Gasteiger charge is 2.34. The molecule has 0 saturated heterocycles. The average Bonchev–Trinajstić information content (AvgIpc) is 2.36. The highest BCUT2D eigenvalue weighted by Crippen LogP contribution is 2.49. The van der Waals surface area contributed by atoms with Gasteiger partial charge in [0.2, 0.25) is 0 Å². The molecule has 0 heterocycles. The molecule has 0 amide bonds. The standard InChI is InChI=1S/C8H15O8P/c1-12-7(9)5-6(8(10)13-2)16-17(11,14-3)15-4/h6H,5H2,1-4H3. The second-order valence-electron chi connectivity index (χ2n) is 2.71. The number of phosphoric ester groups is 1. The molecule has 0 fully saturated rings. The van der Waals surface area contributed by atoms with Crippen molar-refractivity contribution in [2.24, 2.45) is 0 Å². The van der Waals surface area contributed by atoms with Crippen molar-refractivity contribution in [2.75, 3.05) is 28.4 Å². The minimum atomic E-state index is -3.88. The van der Waals surface area contributed by atoms with Gasteiger partial charge < -0.3 is 9.47 Å². The quantitative estimate of drug-likeness (QED) is 0.487. The van der Waals surface area contributed by atoms with Crippen molar-refractivity contribution in [3.63, 3.8) is 0 Å². The SMILES string of the molecule is COC(=O)CC(OP(=O)(OC)OC)C(=O)OC. The second kappa shape index (κ2) is 7.39. The van der Waals surface area contributed by atoms with E-state index in [1.54, 1.807) is 0 Å². The number of phosphoric acid groups is 1. The highest BCUT2D eigenvalue weighted by atomic mass is 31.2. The first kappa shape index (κ1) is 16.1. The molecule has 0 aliphatic heterocycles. The van der Waals surface area contributed by atoms with Crippen LogP contribution in [0.15, 0.2) is 0 Å². The van der Waals surface area contributed by atoms with E-state index in [4.69, 9.17) is 4.52 Å². The maximum absolute atomic E-state index is 11.6. The molecule has 9 heteroatoms. The van der Waals surface area contributed by atoms with Crippen molar-refractivity contribution in [1.29, 1.82) is 0 Å². The molecule has 0 aromatic rings. The summed E-state index contributed by atoms with van der Waals surface area (Å²) in [6.07, 6.45) is -1.88. The van der Waals surface area contributed by atoms with Crippen LogP contribution in [0.2, 0.25) is 0 Å². The molecule has 0 saturated carbocycles. The van der Waals surface area contributed by atoms with Gasteiger partial charge in [0.15, 0.2) is 6.10 Å². The summed E-state index contributed by atoms with van der Waals surface area (Å²) in [6.45, 7) is 0. The predicted molar refractivity (Wildman–Crippen MR) is 55.1 cm³/mol. The van der Waals surface area contributed by atoms with E-state index < -0.39 is 32.3 Å². The van der Waals surface area contributed by atoms with E-state index in [-0.39, 0.29) is 0 Å². The van der Waals surface area contributed by atoms with Crippen LogP contribution >= 0.6 is 7.82 Å². The maximum Gasteiger partial charge on any atom is 0.475 e. The third kappa shape index (κ3) is 5.27. The van der Waals surface area contributed by atoms with E-state index in [9.17, 15) is 14.2 Å². The van der Waals surface area contributed by atoms with Crippen LogP contribution in [0.4, 0.5) is 0 Å². The van der Waals surface area contributed by atoms with Crippen LogP contribution in [0, 0.1) is 0 Å². The van der Waals surface area contributed by atoms with Crippen molar-refractivity contribution in [3.8, 4) is 0 Å². The number of carbonyl (C=O) groups excluding carboxylic acids is 2. The Labute approximate surface area is 98.7 Å². The Kier molecular flexibility index (Phi) is 6.98. The molecule has 0 rings (SSSR count). The van der Waals surface area contributed by atoms with Crippen molar-refractivity contribution in [1.82, 2.24) is 0 Å². The van der Waals surface area contributed by atoms with Crippen molar-refractivity contribution < 1.29 is 37.2 Å². The lowest BCUT2D eigenvalue weighted by molar-refractivity contribution is -0.156. The normalized spacial score (nSPS) is 12.9. The zero-order valence-corrected chi connectivity index (χ0v) is 10.9. The molecule has 0 radical (unpaired) electrons. The van der Waals surface area contributed by atoms with Gasteiger partial charge in [0.25, 0.3) is 0 Å². The Bertz CT molecular complexity index is 307. The zero-order valence-electron chi connectivity index (χ0n) is 10.00. The van der Waals surface area contributed by atoms with Crippen LogP contribution in [0.5, 0.6) is 0 Å². The maximum atomic E-state index is 11.6. The zero-order chi connectivity index (χ0) is 13.5. The summed E-state index contributed by atoms with van der Waals surface area (Å²) in [5.41, 5.74) is 0. The average molecular weight is 270 g/mol. The first-order valence-corrected chi connectivity index (χ1v) is 5.93. The van der Waals surface area contributed by atoms with Crippen LogP contribution < -0.4 is 0 Å². The van der Waals surface area contributed by atoms with Gasteiger partial charge in [-0.15, -0.1) is 0 Å². The molecule has 0 aliphatic rings. The van der Waals surface area contributed by atoms with E-state index in [1.807, 2.05) is 0 Å². The largest absolute Gasteiger partial charge is 0.475 e. The molecular formula is C8H15O8P. The van der Waals surface area contributed by atoms with E-state index >= 15 is 0 Å². The smallest absolute Gasteiger partial charge is 0.469 e. The second-order valence-corrected chi connectivity index (χ2v) is 4.55. The summed E-state index contributed by atoms with van der Waals surface area (Å²) in [6, 6.07) is 0. The minimum absolute atomic E-state index is 0.458. The molecule has 0 aliphatic carbocycles. The molecule has 17 heavy (non-hydrogen) atoms. The molecule has 0 N–H and O–H groups in total. The van der Waals surface area contributed by atoms with E-state index in [2.05, 4.69) is 18.5 Å². The molecule has 1 atom stereocenters. The summed E-state index contributed by atoms with van der Waals surface area (Å²) in [4.78, 5) is 22.3. The monoisotopic (exact) mass is 270 g/mol. The van der Waals surface area contributed by atoms with Gasteiger partial charge in [0.05, 0.1) is 20.6 Å². The summed E-state index contributed by atoms with van der Waals surface area (Å²) >= 11 is 0. The van der Waals surface area contributed by atoms with E-state index in [1.165, 1.54) is 0 Å². The lowest BCUT2D eigenvalue weighted by Crippen LogP contribution is -2.28. The van der Waals surface area contributed by atoms with Gasteiger partial charge in [-0.25, -0.2) is 9.36 Å². The van der Waals surface area contributed by atoms with Gasteiger partial charge in [0, 0.05) is 14.2 Å². The summed E-state index contributed by atoms with van der Waals surface area (Å²) < 4.78 is 34.1. The Morgan fingerprint density at radius 2 is 1.59 bits per heavy atom. The molecule has 0 aromatic heterocycles. The lowest BCUT2D eigenvalue weighted by Gasteiger charge is -2.19. The Morgan fingerprint density at radius 1 is 1.06 bits per heavy atom. The fourth-order valence-corrected chi connectivity index (χ4v) is 1.64. The van der Waals surface area contributed by atoms with Gasteiger partial charge in [-0.3, -0.25) is 18.4 Å². The summed E-state index contributed by atoms with van der Waals surface area (Å²) in [5.74, 6) is -1.61. The van der Waals surface area contributed by atoms with E-state index in [0.717, 1.165) is 28.4 Å². The topological polar surface area (TPSA) is 97.4 Å². The molecule has 0 aromatic carbocycles. The number of rotatable bonds is 7. The van der Waals surface area contributed by atoms with Gasteiger partial charge in [0.1, 0.15) is 0 Å². The van der Waals surface area contributed by atoms with Crippen molar-refractivity contribution in [3.05, 3.63) is 0 Å². The predicted octanol–water partition coefficient (Wildman–Crippen LogP) is 0.509. The van der Waals surface area contributed by atoms with Crippen molar-refractivity contribution >= 4 is 19.8 Å². The van der Waals surface area contributed by atoms with Gasteiger partial charge in [-0.2, -0.15) is 0 Å². The number of hydrogen-bond donors (Lipinski definition) is 0. The molecule has 8 nitrogen and oxygen atoms in total. The minimum Gasteiger partial charge on any atom is -0.469 e. The third-order valence-corrected chi connectivity index (χ3v) is 3.15. The first-order valence-electron chi connectivity index (χ1n) is 4.47. The summed E-state index contributed by atoms with van der Waals surface area (Å²) in [5, 5.41) is 0. The Morgan fingerprint density at radius 3 is 1.94 bits per heavy atom. The van der Waals surface area contributed by atoms with Crippen LogP contribution in [0.25, 0.3) is 0 Å². The van der Waals surface area contributed by atoms with Crippen LogP contribution in [0.1, 0.15) is 6.42 Å². The van der Waals surface area contributed by atoms with Crippen LogP contribution in [-0.4, -0.2) is 46.5 Å². The van der Waals surface area contributed by atoms with Crippen LogP contribution in [0.3, 0.4) is 0 Å². The van der Waals surface area contributed by atoms with Gasteiger partial charge in [-0.1, -0.05) is 0 Å². The van der Waals surface area contributed by atoms with Gasteiger partial charge in [-0.05, 0) is 0 Å². The molecule has 0 spiro atoms. The fourth-order valence-electron chi connectivity index (χ4n) is 0.846. The van der Waals surface area contributed by atoms with E-state index in [0.29, 0.717) is 0 Å². The summed E-state index contributed by atoms with van der Waals surface area (Å²) in [7, 11) is 0.520. The fraction of sp³-hybridized carbons (Fsp3) is 0.750. The molecular weight excluding hydrogens is 255 g/mol. The van der Waals surface area contributed by atoms with Crippen LogP contribution in [-0.2, 0) is 37.2 Å². The number of carbonyl (C=O) groups is 2. The third-order valence-electron chi connectivity index (χ3n) is 1.75. The molecule has 1 unspecified atom stereocenters. The number of hydrogen-bond acceptors (Lipinski definition) is 8. The van der Waals surface area contributed by atoms with Crippen molar-refractivity contribution in [2.45, 2.75) is 12.5 Å². The first-order chi connectivity index (χ1) is 7.92. The Balaban J connectivity index is 4.76. The number of esters is 2. The highest BCUT2D eigenvalue weighted by molar-refractivity contribution is 7.48. The lowest BCUT2D eigenvalue weighted by atomic mass is 10.2. The molecule has 0 bridgehead atoms. The molecule has 100 valence electrons. The number of ether oxygens (including phenoxy) is 2. The Hall–Kier alpha value is -0.950. The van der Waals surface area contributed by atoms with Gasteiger partial charge >= 0.3 is 19.8 Å².